The van der Waals surface area contributed by atoms with Gasteiger partial charge in [-0.15, -0.1) is 0 Å². The first-order chi connectivity index (χ1) is 3.70. The van der Waals surface area contributed by atoms with Gasteiger partial charge < -0.3 is 10.6 Å². The highest BCUT2D eigenvalue weighted by atomic mass is 15.1. The van der Waals surface area contributed by atoms with Crippen molar-refractivity contribution in [2.45, 2.75) is 12.5 Å². The minimum atomic E-state index is 0.511. The van der Waals surface area contributed by atoms with Crippen molar-refractivity contribution in [1.82, 2.24) is 4.90 Å². The van der Waals surface area contributed by atoms with E-state index in [2.05, 4.69) is 19.0 Å². The van der Waals surface area contributed by atoms with Gasteiger partial charge in [0.05, 0.1) is 0 Å². The van der Waals surface area contributed by atoms with Crippen LogP contribution in [0.1, 0.15) is 6.42 Å². The Kier molecular flexibility index (Phi) is 1.54. The smallest absolute Gasteiger partial charge is 0.00836 e. The normalized spacial score (nSPS) is 36.0. The van der Waals surface area contributed by atoms with Crippen LogP contribution in [-0.4, -0.2) is 31.6 Å². The number of rotatable bonds is 2. The van der Waals surface area contributed by atoms with Crippen molar-refractivity contribution in [1.29, 1.82) is 0 Å². The molecular weight excluding hydrogens is 100 g/mol. The van der Waals surface area contributed by atoms with Gasteiger partial charge in [0.25, 0.3) is 0 Å². The molecule has 0 amide bonds. The van der Waals surface area contributed by atoms with E-state index in [0.29, 0.717) is 6.04 Å². The highest BCUT2D eigenvalue weighted by molar-refractivity contribution is 4.91. The van der Waals surface area contributed by atoms with Crippen molar-refractivity contribution in [3.8, 4) is 0 Å². The predicted octanol–water partition coefficient (Wildman–Crippen LogP) is -0.105. The fourth-order valence-electron chi connectivity index (χ4n) is 0.950. The van der Waals surface area contributed by atoms with E-state index >= 15 is 0 Å². The lowest BCUT2D eigenvalue weighted by atomic mass is 10.4. The molecule has 1 aliphatic rings. The molecule has 0 aromatic rings. The van der Waals surface area contributed by atoms with Crippen LogP contribution < -0.4 is 5.73 Å². The SMILES string of the molecule is CN(C)C[C@H]1CC1N. The second kappa shape index (κ2) is 2.03. The molecule has 48 valence electrons. The lowest BCUT2D eigenvalue weighted by molar-refractivity contribution is 0.385. The Morgan fingerprint density at radius 2 is 2.12 bits per heavy atom. The second-order valence-electron chi connectivity index (χ2n) is 2.92. The summed E-state index contributed by atoms with van der Waals surface area (Å²) in [6, 6.07) is 0.511. The van der Waals surface area contributed by atoms with Gasteiger partial charge in [0.15, 0.2) is 0 Å². The summed E-state index contributed by atoms with van der Waals surface area (Å²) in [5.74, 6) is 0.796. The van der Waals surface area contributed by atoms with Crippen LogP contribution in [0.3, 0.4) is 0 Å². The molecule has 2 N–H and O–H groups in total. The van der Waals surface area contributed by atoms with Crippen LogP contribution in [0.15, 0.2) is 0 Å². The van der Waals surface area contributed by atoms with Crippen molar-refractivity contribution in [2.24, 2.45) is 11.7 Å². The first-order valence-corrected chi connectivity index (χ1v) is 3.10. The average Bonchev–Trinajstić information content (AvgIpc) is 2.17. The minimum absolute atomic E-state index is 0.511. The van der Waals surface area contributed by atoms with Gasteiger partial charge in [-0.25, -0.2) is 0 Å². The topological polar surface area (TPSA) is 29.3 Å². The van der Waals surface area contributed by atoms with Gasteiger partial charge in [0.1, 0.15) is 0 Å². The maximum atomic E-state index is 5.59. The molecule has 0 heterocycles. The maximum absolute atomic E-state index is 5.59. The largest absolute Gasteiger partial charge is 0.327 e. The first-order valence-electron chi connectivity index (χ1n) is 3.10. The molecule has 0 aromatic heterocycles. The molecule has 1 saturated carbocycles. The van der Waals surface area contributed by atoms with E-state index in [1.54, 1.807) is 0 Å². The highest BCUT2D eigenvalue weighted by Gasteiger charge is 2.33. The molecule has 1 aliphatic carbocycles. The van der Waals surface area contributed by atoms with Gasteiger partial charge in [-0.1, -0.05) is 0 Å². The van der Waals surface area contributed by atoms with Crippen LogP contribution >= 0.6 is 0 Å². The molecule has 0 aromatic carbocycles. The average molecular weight is 114 g/mol. The van der Waals surface area contributed by atoms with Crippen molar-refractivity contribution >= 4 is 0 Å². The maximum Gasteiger partial charge on any atom is 0.00836 e. The summed E-state index contributed by atoms with van der Waals surface area (Å²) in [5.41, 5.74) is 5.59. The summed E-state index contributed by atoms with van der Waals surface area (Å²) < 4.78 is 0. The molecule has 1 fully saturated rings. The van der Waals surface area contributed by atoms with Gasteiger partial charge in [0.2, 0.25) is 0 Å². The number of nitrogens with zero attached hydrogens (tertiary/aromatic N) is 1. The van der Waals surface area contributed by atoms with Crippen LogP contribution in [0.2, 0.25) is 0 Å². The Balaban J connectivity index is 2.05. The van der Waals surface area contributed by atoms with Crippen LogP contribution in [0, 0.1) is 5.92 Å². The Morgan fingerprint density at radius 1 is 1.62 bits per heavy atom. The Hall–Kier alpha value is -0.0800. The molecule has 8 heavy (non-hydrogen) atoms. The van der Waals surface area contributed by atoms with Crippen molar-refractivity contribution in [2.75, 3.05) is 20.6 Å². The van der Waals surface area contributed by atoms with Gasteiger partial charge in [-0.3, -0.25) is 0 Å². The third kappa shape index (κ3) is 1.46. The fourth-order valence-corrected chi connectivity index (χ4v) is 0.950. The van der Waals surface area contributed by atoms with Crippen LogP contribution in [0.5, 0.6) is 0 Å². The second-order valence-corrected chi connectivity index (χ2v) is 2.92. The number of nitrogens with two attached hydrogens (primary N) is 1. The van der Waals surface area contributed by atoms with Gasteiger partial charge >= 0.3 is 0 Å². The summed E-state index contributed by atoms with van der Waals surface area (Å²) in [6.07, 6.45) is 1.23. The van der Waals surface area contributed by atoms with E-state index in [9.17, 15) is 0 Å². The van der Waals surface area contributed by atoms with Gasteiger partial charge in [-0.05, 0) is 26.4 Å². The molecular formula is C6H14N2. The van der Waals surface area contributed by atoms with E-state index in [1.165, 1.54) is 13.0 Å². The van der Waals surface area contributed by atoms with Crippen molar-refractivity contribution in [3.05, 3.63) is 0 Å². The zero-order valence-corrected chi connectivity index (χ0v) is 5.59. The summed E-state index contributed by atoms with van der Waals surface area (Å²) in [5, 5.41) is 0. The molecule has 0 spiro atoms. The molecule has 0 aliphatic heterocycles. The third-order valence-electron chi connectivity index (χ3n) is 1.58. The lowest BCUT2D eigenvalue weighted by Crippen LogP contribution is -2.18. The monoisotopic (exact) mass is 114 g/mol. The fraction of sp³-hybridized carbons (Fsp3) is 1.00. The van der Waals surface area contributed by atoms with Gasteiger partial charge in [0, 0.05) is 12.6 Å². The Morgan fingerprint density at radius 3 is 2.25 bits per heavy atom. The van der Waals surface area contributed by atoms with Gasteiger partial charge in [-0.2, -0.15) is 0 Å². The molecule has 2 nitrogen and oxygen atoms in total. The number of hydrogen-bond donors (Lipinski definition) is 1. The highest BCUT2D eigenvalue weighted by Crippen LogP contribution is 2.27. The Labute approximate surface area is 50.7 Å². The first kappa shape index (κ1) is 6.05. The summed E-state index contributed by atoms with van der Waals surface area (Å²) in [4.78, 5) is 2.19. The molecule has 2 atom stereocenters. The van der Waals surface area contributed by atoms with E-state index in [0.717, 1.165) is 5.92 Å². The molecule has 1 rings (SSSR count). The molecule has 0 bridgehead atoms. The van der Waals surface area contributed by atoms with Crippen LogP contribution in [-0.2, 0) is 0 Å². The van der Waals surface area contributed by atoms with E-state index < -0.39 is 0 Å². The zero-order chi connectivity index (χ0) is 6.15. The molecule has 0 radical (unpaired) electrons. The quantitative estimate of drug-likeness (QED) is 0.543. The molecule has 0 saturated heterocycles. The summed E-state index contributed by atoms with van der Waals surface area (Å²) in [6.45, 7) is 1.17. The Bertz CT molecular complexity index is 80.6. The van der Waals surface area contributed by atoms with E-state index in [4.69, 9.17) is 5.73 Å². The third-order valence-corrected chi connectivity index (χ3v) is 1.58. The van der Waals surface area contributed by atoms with Crippen molar-refractivity contribution < 1.29 is 0 Å². The summed E-state index contributed by atoms with van der Waals surface area (Å²) in [7, 11) is 4.18. The zero-order valence-electron chi connectivity index (χ0n) is 5.59. The summed E-state index contributed by atoms with van der Waals surface area (Å²) >= 11 is 0. The molecule has 1 unspecified atom stereocenters. The number of hydrogen-bond acceptors (Lipinski definition) is 2. The standard InChI is InChI=1S/C6H14N2/c1-8(2)4-5-3-6(5)7/h5-6H,3-4,7H2,1-2H3/t5-,6?/m1/s1. The van der Waals surface area contributed by atoms with E-state index in [-0.39, 0.29) is 0 Å². The van der Waals surface area contributed by atoms with Crippen molar-refractivity contribution in [3.63, 3.8) is 0 Å². The molecule has 2 heteroatoms. The predicted molar refractivity (Wildman–Crippen MR) is 34.6 cm³/mol. The van der Waals surface area contributed by atoms with Crippen LogP contribution in [0.4, 0.5) is 0 Å². The van der Waals surface area contributed by atoms with E-state index in [1.807, 2.05) is 0 Å². The minimum Gasteiger partial charge on any atom is -0.327 e. The van der Waals surface area contributed by atoms with Crippen LogP contribution in [0.25, 0.3) is 0 Å². The lowest BCUT2D eigenvalue weighted by Gasteiger charge is -2.06.